The molecule has 3 heteroatoms. The van der Waals surface area contributed by atoms with Crippen LogP contribution in [0.15, 0.2) is 0 Å². The molecule has 66 valence electrons. The second kappa shape index (κ2) is 3.52. The molecule has 0 aliphatic carbocycles. The first-order chi connectivity index (χ1) is 5.20. The van der Waals surface area contributed by atoms with Crippen LogP contribution in [0.1, 0.15) is 20.3 Å². The largest absolute Gasteiger partial charge is 0.376 e. The zero-order valence-electron chi connectivity index (χ0n) is 7.30. The van der Waals surface area contributed by atoms with Crippen LogP contribution in [0.25, 0.3) is 0 Å². The van der Waals surface area contributed by atoms with Gasteiger partial charge in [0, 0.05) is 6.54 Å². The third-order valence-corrected chi connectivity index (χ3v) is 2.24. The Morgan fingerprint density at radius 2 is 2.27 bits per heavy atom. The summed E-state index contributed by atoms with van der Waals surface area (Å²) in [5.41, 5.74) is 5.43. The number of hydrogen-bond donors (Lipinski definition) is 1. The molecule has 1 atom stereocenters. The van der Waals surface area contributed by atoms with Gasteiger partial charge in [-0.2, -0.15) is 0 Å². The van der Waals surface area contributed by atoms with Crippen molar-refractivity contribution in [2.45, 2.75) is 32.0 Å². The summed E-state index contributed by atoms with van der Waals surface area (Å²) in [4.78, 5) is 0. The van der Waals surface area contributed by atoms with Gasteiger partial charge in [-0.25, -0.2) is 0 Å². The average molecular weight is 159 g/mol. The summed E-state index contributed by atoms with van der Waals surface area (Å²) in [6.07, 6.45) is 1.24. The SMILES string of the molecule is CCC(C)(CN)OC1COC1. The van der Waals surface area contributed by atoms with E-state index in [9.17, 15) is 0 Å². The summed E-state index contributed by atoms with van der Waals surface area (Å²) in [6.45, 7) is 6.18. The van der Waals surface area contributed by atoms with Gasteiger partial charge in [0.05, 0.1) is 18.8 Å². The van der Waals surface area contributed by atoms with Crippen molar-refractivity contribution in [3.8, 4) is 0 Å². The van der Waals surface area contributed by atoms with Gasteiger partial charge in [-0.05, 0) is 13.3 Å². The lowest BCUT2D eigenvalue weighted by Crippen LogP contribution is -2.47. The van der Waals surface area contributed by atoms with Crippen LogP contribution < -0.4 is 5.73 Å². The van der Waals surface area contributed by atoms with E-state index in [1.807, 2.05) is 6.92 Å². The van der Waals surface area contributed by atoms with E-state index in [-0.39, 0.29) is 11.7 Å². The van der Waals surface area contributed by atoms with Gasteiger partial charge in [0.2, 0.25) is 0 Å². The molecule has 0 aromatic heterocycles. The highest BCUT2D eigenvalue weighted by molar-refractivity contribution is 4.78. The number of nitrogens with two attached hydrogens (primary N) is 1. The third kappa shape index (κ3) is 2.15. The van der Waals surface area contributed by atoms with Crippen molar-refractivity contribution in [2.75, 3.05) is 19.8 Å². The van der Waals surface area contributed by atoms with Crippen molar-refractivity contribution >= 4 is 0 Å². The van der Waals surface area contributed by atoms with Crippen molar-refractivity contribution in [1.82, 2.24) is 0 Å². The standard InChI is InChI=1S/C8H17NO2/c1-3-8(2,6-9)11-7-4-10-5-7/h7H,3-6,9H2,1-2H3. The van der Waals surface area contributed by atoms with Crippen LogP contribution in [-0.2, 0) is 9.47 Å². The molecule has 0 saturated carbocycles. The van der Waals surface area contributed by atoms with Gasteiger partial charge < -0.3 is 15.2 Å². The Hall–Kier alpha value is -0.120. The predicted molar refractivity (Wildman–Crippen MR) is 43.4 cm³/mol. The van der Waals surface area contributed by atoms with Crippen LogP contribution in [0.5, 0.6) is 0 Å². The van der Waals surface area contributed by atoms with Gasteiger partial charge >= 0.3 is 0 Å². The molecule has 0 amide bonds. The van der Waals surface area contributed by atoms with E-state index in [0.29, 0.717) is 6.54 Å². The Kier molecular flexibility index (Phi) is 2.87. The topological polar surface area (TPSA) is 44.5 Å². The lowest BCUT2D eigenvalue weighted by molar-refractivity contribution is -0.185. The van der Waals surface area contributed by atoms with Crippen LogP contribution in [0.3, 0.4) is 0 Å². The van der Waals surface area contributed by atoms with Crippen LogP contribution in [-0.4, -0.2) is 31.5 Å². The molecule has 1 unspecified atom stereocenters. The predicted octanol–water partition coefficient (Wildman–Crippen LogP) is 0.529. The first-order valence-corrected chi connectivity index (χ1v) is 4.16. The molecule has 0 aromatic carbocycles. The Morgan fingerprint density at radius 1 is 1.64 bits per heavy atom. The lowest BCUT2D eigenvalue weighted by atomic mass is 10.0. The fraction of sp³-hybridized carbons (Fsp3) is 1.00. The number of ether oxygens (including phenoxy) is 2. The normalized spacial score (nSPS) is 24.3. The fourth-order valence-electron chi connectivity index (χ4n) is 0.960. The maximum absolute atomic E-state index is 5.72. The molecule has 0 aromatic rings. The smallest absolute Gasteiger partial charge is 0.105 e. The van der Waals surface area contributed by atoms with Gasteiger partial charge in [-0.3, -0.25) is 0 Å². The maximum atomic E-state index is 5.72. The molecule has 0 bridgehead atoms. The van der Waals surface area contributed by atoms with E-state index in [1.54, 1.807) is 0 Å². The highest BCUT2D eigenvalue weighted by Crippen LogP contribution is 2.19. The molecule has 1 heterocycles. The summed E-state index contributed by atoms with van der Waals surface area (Å²) in [5.74, 6) is 0. The number of rotatable bonds is 4. The van der Waals surface area contributed by atoms with E-state index in [2.05, 4.69) is 6.92 Å². The van der Waals surface area contributed by atoms with Crippen LogP contribution >= 0.6 is 0 Å². The first-order valence-electron chi connectivity index (χ1n) is 4.16. The highest BCUT2D eigenvalue weighted by atomic mass is 16.6. The maximum Gasteiger partial charge on any atom is 0.105 e. The van der Waals surface area contributed by atoms with Crippen LogP contribution in [0, 0.1) is 0 Å². The van der Waals surface area contributed by atoms with E-state index < -0.39 is 0 Å². The second-order valence-corrected chi connectivity index (χ2v) is 3.28. The van der Waals surface area contributed by atoms with Crippen molar-refractivity contribution < 1.29 is 9.47 Å². The molecule has 0 radical (unpaired) electrons. The lowest BCUT2D eigenvalue weighted by Gasteiger charge is -2.36. The molecule has 1 fully saturated rings. The Bertz CT molecular complexity index is 119. The Morgan fingerprint density at radius 3 is 2.55 bits per heavy atom. The molecular weight excluding hydrogens is 142 g/mol. The highest BCUT2D eigenvalue weighted by Gasteiger charge is 2.29. The molecule has 0 spiro atoms. The van der Waals surface area contributed by atoms with Crippen molar-refractivity contribution in [3.05, 3.63) is 0 Å². The van der Waals surface area contributed by atoms with E-state index >= 15 is 0 Å². The minimum Gasteiger partial charge on any atom is -0.376 e. The molecule has 3 nitrogen and oxygen atoms in total. The molecule has 11 heavy (non-hydrogen) atoms. The van der Waals surface area contributed by atoms with E-state index in [4.69, 9.17) is 15.2 Å². The zero-order valence-corrected chi connectivity index (χ0v) is 7.30. The summed E-state index contributed by atoms with van der Waals surface area (Å²) >= 11 is 0. The first kappa shape index (κ1) is 8.97. The second-order valence-electron chi connectivity index (χ2n) is 3.28. The Balaban J connectivity index is 2.29. The quantitative estimate of drug-likeness (QED) is 0.650. The molecule has 1 rings (SSSR count). The molecular formula is C8H17NO2. The van der Waals surface area contributed by atoms with Crippen LogP contribution in [0.2, 0.25) is 0 Å². The fourth-order valence-corrected chi connectivity index (χ4v) is 0.960. The summed E-state index contributed by atoms with van der Waals surface area (Å²) in [6, 6.07) is 0. The molecule has 1 aliphatic rings. The summed E-state index contributed by atoms with van der Waals surface area (Å²) in [5, 5.41) is 0. The summed E-state index contributed by atoms with van der Waals surface area (Å²) < 4.78 is 10.7. The van der Waals surface area contributed by atoms with Crippen molar-refractivity contribution in [1.29, 1.82) is 0 Å². The molecule has 1 saturated heterocycles. The van der Waals surface area contributed by atoms with Gasteiger partial charge in [-0.15, -0.1) is 0 Å². The van der Waals surface area contributed by atoms with Gasteiger partial charge in [0.15, 0.2) is 0 Å². The Labute approximate surface area is 67.9 Å². The number of hydrogen-bond acceptors (Lipinski definition) is 3. The third-order valence-electron chi connectivity index (χ3n) is 2.24. The van der Waals surface area contributed by atoms with Gasteiger partial charge in [-0.1, -0.05) is 6.92 Å². The minimum absolute atomic E-state index is 0.144. The average Bonchev–Trinajstić information content (AvgIpc) is 1.97. The molecule has 2 N–H and O–H groups in total. The summed E-state index contributed by atoms with van der Waals surface area (Å²) in [7, 11) is 0. The monoisotopic (exact) mass is 159 g/mol. The van der Waals surface area contributed by atoms with Crippen molar-refractivity contribution in [3.63, 3.8) is 0 Å². The van der Waals surface area contributed by atoms with Crippen LogP contribution in [0.4, 0.5) is 0 Å². The van der Waals surface area contributed by atoms with Gasteiger partial charge in [0.1, 0.15) is 6.10 Å². The van der Waals surface area contributed by atoms with Gasteiger partial charge in [0.25, 0.3) is 0 Å². The minimum atomic E-state index is -0.144. The molecule has 1 aliphatic heterocycles. The zero-order chi connectivity index (χ0) is 8.32. The van der Waals surface area contributed by atoms with Crippen molar-refractivity contribution in [2.24, 2.45) is 5.73 Å². The van der Waals surface area contributed by atoms with E-state index in [1.165, 1.54) is 0 Å². The van der Waals surface area contributed by atoms with E-state index in [0.717, 1.165) is 19.6 Å².